The van der Waals surface area contributed by atoms with E-state index in [0.29, 0.717) is 32.6 Å². The van der Waals surface area contributed by atoms with Gasteiger partial charge in [-0.15, -0.1) is 0 Å². The number of amides is 2. The lowest BCUT2D eigenvalue weighted by molar-refractivity contribution is -0.133. The Bertz CT molecular complexity index is 771. The predicted octanol–water partition coefficient (Wildman–Crippen LogP) is 0.857. The SMILES string of the molecule is CS(=O)(=O)CCC(=O)N1CCC2(CC1)CC(=O)N(Cc1cccnc1)C2. The largest absolute Gasteiger partial charge is 0.343 e. The van der Waals surface area contributed by atoms with Crippen LogP contribution in [0.4, 0.5) is 0 Å². The summed E-state index contributed by atoms with van der Waals surface area (Å²) in [6.45, 7) is 2.48. The molecule has 0 N–H and O–H groups in total. The van der Waals surface area contributed by atoms with Crippen LogP contribution in [0.15, 0.2) is 24.5 Å². The number of rotatable bonds is 5. The van der Waals surface area contributed by atoms with Crippen LogP contribution in [0.25, 0.3) is 0 Å². The van der Waals surface area contributed by atoms with Gasteiger partial charge in [-0.05, 0) is 24.5 Å². The molecule has 2 amide bonds. The molecule has 0 saturated carbocycles. The van der Waals surface area contributed by atoms with E-state index in [4.69, 9.17) is 0 Å². The molecule has 2 saturated heterocycles. The Morgan fingerprint density at radius 2 is 2.04 bits per heavy atom. The van der Waals surface area contributed by atoms with Crippen molar-refractivity contribution in [1.82, 2.24) is 14.8 Å². The zero-order valence-corrected chi connectivity index (χ0v) is 15.9. The topological polar surface area (TPSA) is 87.7 Å². The number of carbonyl (C=O) groups is 2. The maximum absolute atomic E-state index is 12.4. The van der Waals surface area contributed by atoms with Gasteiger partial charge >= 0.3 is 0 Å². The van der Waals surface area contributed by atoms with E-state index in [1.165, 1.54) is 0 Å². The van der Waals surface area contributed by atoms with Crippen LogP contribution in [0.1, 0.15) is 31.2 Å². The zero-order valence-electron chi connectivity index (χ0n) is 15.1. The van der Waals surface area contributed by atoms with Crippen molar-refractivity contribution in [3.8, 4) is 0 Å². The molecule has 2 fully saturated rings. The second-order valence-corrected chi connectivity index (χ2v) is 9.81. The predicted molar refractivity (Wildman–Crippen MR) is 96.8 cm³/mol. The summed E-state index contributed by atoms with van der Waals surface area (Å²) in [5.41, 5.74) is 0.957. The molecular weight excluding hydrogens is 354 g/mol. The third kappa shape index (κ3) is 4.60. The van der Waals surface area contributed by atoms with Gasteiger partial charge in [0.05, 0.1) is 5.75 Å². The Labute approximate surface area is 154 Å². The first kappa shape index (κ1) is 18.8. The number of piperidine rings is 1. The van der Waals surface area contributed by atoms with Gasteiger partial charge in [0.1, 0.15) is 9.84 Å². The molecule has 142 valence electrons. The van der Waals surface area contributed by atoms with Crippen LogP contribution in [-0.4, -0.2) is 66.7 Å². The van der Waals surface area contributed by atoms with Crippen molar-refractivity contribution in [3.63, 3.8) is 0 Å². The Hall–Kier alpha value is -1.96. The van der Waals surface area contributed by atoms with E-state index in [9.17, 15) is 18.0 Å². The Morgan fingerprint density at radius 3 is 2.65 bits per heavy atom. The highest BCUT2D eigenvalue weighted by Gasteiger charge is 2.45. The molecule has 1 aromatic heterocycles. The molecule has 0 bridgehead atoms. The van der Waals surface area contributed by atoms with Crippen LogP contribution in [0.5, 0.6) is 0 Å². The summed E-state index contributed by atoms with van der Waals surface area (Å²) < 4.78 is 22.5. The van der Waals surface area contributed by atoms with Gasteiger partial charge in [-0.25, -0.2) is 8.42 Å². The van der Waals surface area contributed by atoms with Crippen molar-refractivity contribution < 1.29 is 18.0 Å². The van der Waals surface area contributed by atoms with E-state index in [-0.39, 0.29) is 29.4 Å². The number of likely N-dealkylation sites (tertiary alicyclic amines) is 2. The molecule has 1 aromatic rings. The quantitative estimate of drug-likeness (QED) is 0.757. The molecule has 1 spiro atoms. The number of nitrogens with zero attached hydrogens (tertiary/aromatic N) is 3. The van der Waals surface area contributed by atoms with Crippen LogP contribution in [0.3, 0.4) is 0 Å². The first-order chi connectivity index (χ1) is 12.3. The molecule has 7 nitrogen and oxygen atoms in total. The summed E-state index contributed by atoms with van der Waals surface area (Å²) in [4.78, 5) is 32.4. The fourth-order valence-corrected chi connectivity index (χ4v) is 4.38. The molecule has 0 radical (unpaired) electrons. The minimum Gasteiger partial charge on any atom is -0.343 e. The molecule has 3 heterocycles. The standard InChI is InChI=1S/C18H25N3O4S/c1-26(24,25)10-4-16(22)20-8-5-18(6-9-20)11-17(23)21(14-18)13-15-3-2-7-19-12-15/h2-3,7,12H,4-6,8-11,13-14H2,1H3. The minimum atomic E-state index is -3.13. The molecular formula is C18H25N3O4S. The molecule has 0 atom stereocenters. The maximum atomic E-state index is 12.4. The Kier molecular flexibility index (Phi) is 5.32. The van der Waals surface area contributed by atoms with Gasteiger partial charge in [0.25, 0.3) is 0 Å². The van der Waals surface area contributed by atoms with Crippen molar-refractivity contribution in [2.75, 3.05) is 31.6 Å². The average Bonchev–Trinajstić information content (AvgIpc) is 2.89. The third-order valence-electron chi connectivity index (χ3n) is 5.36. The molecule has 0 unspecified atom stereocenters. The first-order valence-corrected chi connectivity index (χ1v) is 10.9. The number of carbonyl (C=O) groups excluding carboxylic acids is 2. The summed E-state index contributed by atoms with van der Waals surface area (Å²) in [6.07, 6.45) is 6.78. The molecule has 2 aliphatic heterocycles. The van der Waals surface area contributed by atoms with Gasteiger partial charge in [-0.1, -0.05) is 6.07 Å². The summed E-state index contributed by atoms with van der Waals surface area (Å²) >= 11 is 0. The van der Waals surface area contributed by atoms with Crippen molar-refractivity contribution in [3.05, 3.63) is 30.1 Å². The van der Waals surface area contributed by atoms with Gasteiger partial charge in [0, 0.05) is 63.1 Å². The highest BCUT2D eigenvalue weighted by Crippen LogP contribution is 2.41. The van der Waals surface area contributed by atoms with Crippen LogP contribution in [-0.2, 0) is 26.0 Å². The van der Waals surface area contributed by atoms with Crippen molar-refractivity contribution >= 4 is 21.7 Å². The van der Waals surface area contributed by atoms with E-state index in [2.05, 4.69) is 4.98 Å². The molecule has 0 aromatic carbocycles. The van der Waals surface area contributed by atoms with Crippen LogP contribution >= 0.6 is 0 Å². The normalized spacial score (nSPS) is 20.0. The zero-order chi connectivity index (χ0) is 18.8. The van der Waals surface area contributed by atoms with Gasteiger partial charge in [0.2, 0.25) is 11.8 Å². The highest BCUT2D eigenvalue weighted by atomic mass is 32.2. The highest BCUT2D eigenvalue weighted by molar-refractivity contribution is 7.90. The number of aromatic nitrogens is 1. The summed E-state index contributed by atoms with van der Waals surface area (Å²) in [6, 6.07) is 3.83. The van der Waals surface area contributed by atoms with Gasteiger partial charge in [0.15, 0.2) is 0 Å². The van der Waals surface area contributed by atoms with E-state index in [1.807, 2.05) is 17.0 Å². The van der Waals surface area contributed by atoms with Crippen molar-refractivity contribution in [2.45, 2.75) is 32.2 Å². The second-order valence-electron chi connectivity index (χ2n) is 7.55. The molecule has 8 heteroatoms. The Balaban J connectivity index is 1.54. The van der Waals surface area contributed by atoms with Gasteiger partial charge in [-0.3, -0.25) is 14.6 Å². The van der Waals surface area contributed by atoms with Crippen LogP contribution in [0, 0.1) is 5.41 Å². The number of pyridine rings is 1. The number of sulfone groups is 1. The fraction of sp³-hybridized carbons (Fsp3) is 0.611. The molecule has 2 aliphatic rings. The third-order valence-corrected chi connectivity index (χ3v) is 6.31. The average molecular weight is 379 g/mol. The maximum Gasteiger partial charge on any atom is 0.223 e. The molecule has 3 rings (SSSR count). The lowest BCUT2D eigenvalue weighted by Gasteiger charge is -2.38. The number of hydrogen-bond donors (Lipinski definition) is 0. The smallest absolute Gasteiger partial charge is 0.223 e. The van der Waals surface area contributed by atoms with Crippen molar-refractivity contribution in [1.29, 1.82) is 0 Å². The number of hydrogen-bond acceptors (Lipinski definition) is 5. The minimum absolute atomic E-state index is 0.0396. The van der Waals surface area contributed by atoms with Crippen LogP contribution in [0.2, 0.25) is 0 Å². The Morgan fingerprint density at radius 1 is 1.31 bits per heavy atom. The summed E-state index contributed by atoms with van der Waals surface area (Å²) in [7, 11) is -3.13. The monoisotopic (exact) mass is 379 g/mol. The second kappa shape index (κ2) is 7.34. The van der Waals surface area contributed by atoms with Gasteiger partial charge in [-0.2, -0.15) is 0 Å². The summed E-state index contributed by atoms with van der Waals surface area (Å²) in [5, 5.41) is 0. The molecule has 0 aliphatic carbocycles. The van der Waals surface area contributed by atoms with E-state index >= 15 is 0 Å². The van der Waals surface area contributed by atoms with E-state index in [1.54, 1.807) is 17.3 Å². The van der Waals surface area contributed by atoms with E-state index < -0.39 is 9.84 Å². The van der Waals surface area contributed by atoms with Crippen molar-refractivity contribution in [2.24, 2.45) is 5.41 Å². The fourth-order valence-electron chi connectivity index (χ4n) is 3.83. The van der Waals surface area contributed by atoms with Crippen LogP contribution < -0.4 is 0 Å². The lowest BCUT2D eigenvalue weighted by Crippen LogP contribution is -2.44. The molecule has 26 heavy (non-hydrogen) atoms. The van der Waals surface area contributed by atoms with E-state index in [0.717, 1.165) is 24.7 Å². The first-order valence-electron chi connectivity index (χ1n) is 8.89. The summed E-state index contributed by atoms with van der Waals surface area (Å²) in [5.74, 6) is -0.0577. The lowest BCUT2D eigenvalue weighted by atomic mass is 9.77. The van der Waals surface area contributed by atoms with Gasteiger partial charge < -0.3 is 9.80 Å².